The molecule has 0 bridgehead atoms. The second-order valence-corrected chi connectivity index (χ2v) is 5.45. The zero-order chi connectivity index (χ0) is 17.7. The lowest BCUT2D eigenvalue weighted by Gasteiger charge is -2.12. The van der Waals surface area contributed by atoms with E-state index < -0.39 is 5.97 Å². The fourth-order valence-electron chi connectivity index (χ4n) is 2.14. The van der Waals surface area contributed by atoms with Gasteiger partial charge in [0.25, 0.3) is 0 Å². The number of carbonyl (C=O) groups is 2. The highest BCUT2D eigenvalue weighted by atomic mass is 35.5. The lowest BCUT2D eigenvalue weighted by Crippen LogP contribution is -2.14. The number of carbonyl (C=O) groups excluding carboxylic acids is 2. The summed E-state index contributed by atoms with van der Waals surface area (Å²) >= 11 is 5.77. The van der Waals surface area contributed by atoms with Crippen LogP contribution in [0.3, 0.4) is 0 Å². The largest absolute Gasteiger partial charge is 0.496 e. The maximum atomic E-state index is 12.2. The number of rotatable bonds is 6. The molecule has 0 saturated heterocycles. The van der Waals surface area contributed by atoms with Gasteiger partial charge in [0, 0.05) is 16.1 Å². The third-order valence-electron chi connectivity index (χ3n) is 3.49. The predicted molar refractivity (Wildman–Crippen MR) is 90.3 cm³/mol. The second-order valence-electron chi connectivity index (χ2n) is 5.01. The minimum absolute atomic E-state index is 0.248. The molecule has 6 heteroatoms. The average molecular weight is 349 g/mol. The first-order chi connectivity index (χ1) is 11.5. The van der Waals surface area contributed by atoms with E-state index in [-0.39, 0.29) is 18.0 Å². The lowest BCUT2D eigenvalue weighted by atomic mass is 10.1. The van der Waals surface area contributed by atoms with Gasteiger partial charge in [0.05, 0.1) is 19.8 Å². The van der Waals surface area contributed by atoms with E-state index in [0.29, 0.717) is 22.1 Å². The first kappa shape index (κ1) is 17.8. The third-order valence-corrected chi connectivity index (χ3v) is 3.74. The molecule has 0 aromatic heterocycles. The molecule has 0 spiro atoms. The fraction of sp³-hybridized carbons (Fsp3) is 0.222. The van der Waals surface area contributed by atoms with Crippen LogP contribution in [-0.2, 0) is 4.74 Å². The van der Waals surface area contributed by atoms with Crippen LogP contribution in [0, 0.1) is 6.92 Å². The summed E-state index contributed by atoms with van der Waals surface area (Å²) < 4.78 is 15.5. The van der Waals surface area contributed by atoms with E-state index in [4.69, 9.17) is 25.8 Å². The van der Waals surface area contributed by atoms with Crippen LogP contribution in [0.1, 0.15) is 26.3 Å². The molecule has 0 heterocycles. The van der Waals surface area contributed by atoms with Crippen molar-refractivity contribution in [2.75, 3.05) is 20.8 Å². The molecule has 126 valence electrons. The van der Waals surface area contributed by atoms with Crippen molar-refractivity contribution in [1.29, 1.82) is 0 Å². The summed E-state index contributed by atoms with van der Waals surface area (Å²) in [6.07, 6.45) is 0. The number of Topliss-reactive ketones (excluding diaryl/α,β-unsaturated/α-hetero) is 1. The molecule has 0 atom stereocenters. The van der Waals surface area contributed by atoms with E-state index in [1.165, 1.54) is 14.2 Å². The van der Waals surface area contributed by atoms with Gasteiger partial charge in [-0.15, -0.1) is 0 Å². The zero-order valence-corrected chi connectivity index (χ0v) is 14.3. The van der Waals surface area contributed by atoms with Gasteiger partial charge in [-0.3, -0.25) is 4.79 Å². The van der Waals surface area contributed by atoms with Gasteiger partial charge in [0.1, 0.15) is 11.5 Å². The van der Waals surface area contributed by atoms with E-state index in [1.54, 1.807) is 36.4 Å². The first-order valence-corrected chi connectivity index (χ1v) is 7.52. The molecular formula is C18H17ClO5. The summed E-state index contributed by atoms with van der Waals surface area (Å²) in [7, 11) is 3.00. The summed E-state index contributed by atoms with van der Waals surface area (Å²) in [5, 5.41) is 0.530. The monoisotopic (exact) mass is 348 g/mol. The van der Waals surface area contributed by atoms with Gasteiger partial charge in [-0.2, -0.15) is 0 Å². The van der Waals surface area contributed by atoms with Crippen molar-refractivity contribution in [3.05, 3.63) is 58.1 Å². The second kappa shape index (κ2) is 7.84. The van der Waals surface area contributed by atoms with Gasteiger partial charge < -0.3 is 14.2 Å². The molecule has 0 unspecified atom stereocenters. The Hall–Kier alpha value is -2.53. The first-order valence-electron chi connectivity index (χ1n) is 7.14. The molecule has 2 aromatic carbocycles. The maximum absolute atomic E-state index is 12.2. The van der Waals surface area contributed by atoms with Crippen LogP contribution < -0.4 is 9.47 Å². The molecule has 0 saturated carbocycles. The minimum atomic E-state index is -0.631. The Morgan fingerprint density at radius 2 is 1.50 bits per heavy atom. The number of esters is 1. The van der Waals surface area contributed by atoms with E-state index in [9.17, 15) is 9.59 Å². The lowest BCUT2D eigenvalue weighted by molar-refractivity contribution is 0.0474. The van der Waals surface area contributed by atoms with Crippen LogP contribution in [0.25, 0.3) is 0 Å². The Labute approximate surface area is 145 Å². The molecular weight excluding hydrogens is 332 g/mol. The fourth-order valence-corrected chi connectivity index (χ4v) is 2.26. The third kappa shape index (κ3) is 4.06. The van der Waals surface area contributed by atoms with Gasteiger partial charge in [-0.05, 0) is 43.3 Å². The van der Waals surface area contributed by atoms with E-state index in [0.717, 1.165) is 5.56 Å². The van der Waals surface area contributed by atoms with Crippen molar-refractivity contribution in [2.24, 2.45) is 0 Å². The predicted octanol–water partition coefficient (Wildman–Crippen LogP) is 3.71. The molecule has 0 N–H and O–H groups in total. The highest BCUT2D eigenvalue weighted by Crippen LogP contribution is 2.29. The average Bonchev–Trinajstić information content (AvgIpc) is 2.60. The summed E-state index contributed by atoms with van der Waals surface area (Å²) in [6, 6.07) is 9.46. The number of ether oxygens (including phenoxy) is 3. The van der Waals surface area contributed by atoms with Crippen LogP contribution in [-0.4, -0.2) is 32.6 Å². The van der Waals surface area contributed by atoms with Crippen LogP contribution >= 0.6 is 11.6 Å². The van der Waals surface area contributed by atoms with Crippen molar-refractivity contribution in [2.45, 2.75) is 6.92 Å². The molecule has 0 aliphatic carbocycles. The van der Waals surface area contributed by atoms with Crippen molar-refractivity contribution >= 4 is 23.4 Å². The molecule has 2 aromatic rings. The van der Waals surface area contributed by atoms with E-state index >= 15 is 0 Å². The van der Waals surface area contributed by atoms with E-state index in [2.05, 4.69) is 0 Å². The van der Waals surface area contributed by atoms with Crippen LogP contribution in [0.5, 0.6) is 11.5 Å². The Kier molecular flexibility index (Phi) is 5.82. The van der Waals surface area contributed by atoms with Crippen molar-refractivity contribution in [3.63, 3.8) is 0 Å². The number of halogens is 1. The number of hydrogen-bond donors (Lipinski definition) is 0. The van der Waals surface area contributed by atoms with Gasteiger partial charge in [-0.1, -0.05) is 11.6 Å². The van der Waals surface area contributed by atoms with Gasteiger partial charge in [-0.25, -0.2) is 4.79 Å². The van der Waals surface area contributed by atoms with Crippen molar-refractivity contribution in [1.82, 2.24) is 0 Å². The minimum Gasteiger partial charge on any atom is -0.496 e. The quantitative estimate of drug-likeness (QED) is 0.588. The Morgan fingerprint density at radius 3 is 2.00 bits per heavy atom. The SMILES string of the molecule is COc1cc(C(=O)OCC(=O)c2ccc(Cl)cc2)cc(OC)c1C. The Bertz CT molecular complexity index is 727. The summed E-state index contributed by atoms with van der Waals surface area (Å²) in [6.45, 7) is 1.45. The number of ketones is 1. The van der Waals surface area contributed by atoms with Crippen molar-refractivity contribution in [3.8, 4) is 11.5 Å². The summed E-state index contributed by atoms with van der Waals surface area (Å²) in [5.74, 6) is 0.0654. The molecule has 0 amide bonds. The van der Waals surface area contributed by atoms with E-state index in [1.807, 2.05) is 6.92 Å². The molecule has 2 rings (SSSR count). The van der Waals surface area contributed by atoms with Crippen LogP contribution in [0.2, 0.25) is 5.02 Å². The topological polar surface area (TPSA) is 61.8 Å². The number of benzene rings is 2. The number of hydrogen-bond acceptors (Lipinski definition) is 5. The van der Waals surface area contributed by atoms with Crippen molar-refractivity contribution < 1.29 is 23.8 Å². The summed E-state index contributed by atoms with van der Waals surface area (Å²) in [5.41, 5.74) is 1.44. The van der Waals surface area contributed by atoms with Gasteiger partial charge >= 0.3 is 5.97 Å². The Balaban J connectivity index is 2.09. The summed E-state index contributed by atoms with van der Waals surface area (Å²) in [4.78, 5) is 24.2. The Morgan fingerprint density at radius 1 is 0.958 bits per heavy atom. The highest BCUT2D eigenvalue weighted by molar-refractivity contribution is 6.30. The highest BCUT2D eigenvalue weighted by Gasteiger charge is 2.16. The van der Waals surface area contributed by atoms with Crippen LogP contribution in [0.4, 0.5) is 0 Å². The standard InChI is InChI=1S/C18H17ClO5/c1-11-16(22-2)8-13(9-17(11)23-3)18(21)24-10-15(20)12-4-6-14(19)7-5-12/h4-9H,10H2,1-3H3. The molecule has 0 aliphatic heterocycles. The smallest absolute Gasteiger partial charge is 0.338 e. The normalized spacial score (nSPS) is 10.2. The molecule has 24 heavy (non-hydrogen) atoms. The van der Waals surface area contributed by atoms with Gasteiger partial charge in [0.15, 0.2) is 12.4 Å². The number of methoxy groups -OCH3 is 2. The zero-order valence-electron chi connectivity index (χ0n) is 13.6. The molecule has 0 radical (unpaired) electrons. The molecule has 0 aliphatic rings. The molecule has 5 nitrogen and oxygen atoms in total. The molecule has 0 fully saturated rings. The van der Waals surface area contributed by atoms with Crippen LogP contribution in [0.15, 0.2) is 36.4 Å². The van der Waals surface area contributed by atoms with Gasteiger partial charge in [0.2, 0.25) is 0 Å². The maximum Gasteiger partial charge on any atom is 0.338 e.